The third-order valence-electron chi connectivity index (χ3n) is 4.29. The Morgan fingerprint density at radius 2 is 1.77 bits per heavy atom. The summed E-state index contributed by atoms with van der Waals surface area (Å²) in [4.78, 5) is 24.0. The highest BCUT2D eigenvalue weighted by molar-refractivity contribution is 7.71. The van der Waals surface area contributed by atoms with Crippen molar-refractivity contribution in [2.24, 2.45) is 0 Å². The Balaban J connectivity index is 1.53. The minimum Gasteiger partial charge on any atom is -0.497 e. The van der Waals surface area contributed by atoms with Crippen LogP contribution in [0.25, 0.3) is 11.4 Å². The van der Waals surface area contributed by atoms with Crippen LogP contribution in [0.2, 0.25) is 0 Å². The number of carbonyl (C=O) groups excluding carboxylic acids is 2. The second-order valence-electron chi connectivity index (χ2n) is 6.38. The number of benzene rings is 2. The van der Waals surface area contributed by atoms with E-state index in [0.717, 1.165) is 11.3 Å². The lowest BCUT2D eigenvalue weighted by Gasteiger charge is -2.09. The standard InChI is InChI=1S/C20H20FN5O3S/c1-29-16-8-4-14(5-9-16)19-24-25-20(30)26(19)11-10-17(27)22-23-18(28)12-13-2-6-15(21)7-3-13/h2-9H,10-12H2,1H3,(H,22,27)(H,23,28)(H,25,30). The topological polar surface area (TPSA) is 101 Å². The van der Waals surface area contributed by atoms with Crippen molar-refractivity contribution in [3.8, 4) is 17.1 Å². The molecule has 8 nitrogen and oxygen atoms in total. The van der Waals surface area contributed by atoms with Gasteiger partial charge in [0.2, 0.25) is 11.8 Å². The number of hydrazine groups is 1. The number of rotatable bonds is 7. The van der Waals surface area contributed by atoms with Gasteiger partial charge in [0.05, 0.1) is 13.5 Å². The van der Waals surface area contributed by atoms with Gasteiger partial charge < -0.3 is 4.74 Å². The van der Waals surface area contributed by atoms with Crippen LogP contribution in [0.1, 0.15) is 12.0 Å². The highest BCUT2D eigenvalue weighted by Gasteiger charge is 2.12. The van der Waals surface area contributed by atoms with E-state index in [0.29, 0.717) is 16.2 Å². The molecular weight excluding hydrogens is 409 g/mol. The molecule has 3 rings (SSSR count). The average molecular weight is 429 g/mol. The molecule has 1 aromatic heterocycles. The number of nitrogens with one attached hydrogen (secondary N) is 3. The highest BCUT2D eigenvalue weighted by Crippen LogP contribution is 2.21. The van der Waals surface area contributed by atoms with Crippen molar-refractivity contribution in [3.63, 3.8) is 0 Å². The van der Waals surface area contributed by atoms with E-state index in [-0.39, 0.29) is 31.1 Å². The Hall–Kier alpha value is -3.53. The maximum absolute atomic E-state index is 12.9. The second kappa shape index (κ2) is 9.79. The Morgan fingerprint density at radius 3 is 2.43 bits per heavy atom. The molecule has 0 atom stereocenters. The molecule has 0 bridgehead atoms. The van der Waals surface area contributed by atoms with Crippen molar-refractivity contribution in [1.29, 1.82) is 0 Å². The minimum absolute atomic E-state index is 0.0228. The average Bonchev–Trinajstić information content (AvgIpc) is 3.12. The van der Waals surface area contributed by atoms with Crippen molar-refractivity contribution in [1.82, 2.24) is 25.6 Å². The molecule has 10 heteroatoms. The lowest BCUT2D eigenvalue weighted by molar-refractivity contribution is -0.128. The van der Waals surface area contributed by atoms with Gasteiger partial charge in [-0.15, -0.1) is 0 Å². The zero-order valence-corrected chi connectivity index (χ0v) is 17.0. The van der Waals surface area contributed by atoms with E-state index in [9.17, 15) is 14.0 Å². The van der Waals surface area contributed by atoms with Crippen LogP contribution in [-0.2, 0) is 22.6 Å². The van der Waals surface area contributed by atoms with Crippen LogP contribution in [0.3, 0.4) is 0 Å². The van der Waals surface area contributed by atoms with Gasteiger partial charge in [-0.25, -0.2) is 4.39 Å². The van der Waals surface area contributed by atoms with E-state index in [1.165, 1.54) is 24.3 Å². The van der Waals surface area contributed by atoms with Gasteiger partial charge in [0.25, 0.3) is 0 Å². The normalized spacial score (nSPS) is 10.5. The molecule has 0 aliphatic rings. The molecule has 0 saturated carbocycles. The van der Waals surface area contributed by atoms with E-state index < -0.39 is 5.91 Å². The number of methoxy groups -OCH3 is 1. The summed E-state index contributed by atoms with van der Waals surface area (Å²) in [5, 5.41) is 6.95. The quantitative estimate of drug-likeness (QED) is 0.396. The van der Waals surface area contributed by atoms with Gasteiger partial charge in [0.15, 0.2) is 10.6 Å². The molecule has 0 aliphatic carbocycles. The number of hydrogen-bond donors (Lipinski definition) is 3. The summed E-state index contributed by atoms with van der Waals surface area (Å²) in [6.07, 6.45) is 0.1000. The first-order valence-electron chi connectivity index (χ1n) is 9.08. The van der Waals surface area contributed by atoms with E-state index in [1.807, 2.05) is 12.1 Å². The predicted molar refractivity (Wildman–Crippen MR) is 110 cm³/mol. The van der Waals surface area contributed by atoms with Crippen LogP contribution < -0.4 is 15.6 Å². The fraction of sp³-hybridized carbons (Fsp3) is 0.200. The van der Waals surface area contributed by atoms with Crippen LogP contribution >= 0.6 is 12.2 Å². The number of hydrogen-bond acceptors (Lipinski definition) is 5. The van der Waals surface area contributed by atoms with Gasteiger partial charge >= 0.3 is 0 Å². The molecule has 0 aliphatic heterocycles. The SMILES string of the molecule is COc1ccc(-c2n[nH]c(=S)n2CCC(=O)NNC(=O)Cc2ccc(F)cc2)cc1. The van der Waals surface area contributed by atoms with Crippen LogP contribution in [0.4, 0.5) is 4.39 Å². The van der Waals surface area contributed by atoms with Crippen molar-refractivity contribution < 1.29 is 18.7 Å². The van der Waals surface area contributed by atoms with Crippen LogP contribution in [-0.4, -0.2) is 33.7 Å². The molecule has 0 saturated heterocycles. The van der Waals surface area contributed by atoms with Crippen LogP contribution in [0, 0.1) is 10.6 Å². The lowest BCUT2D eigenvalue weighted by atomic mass is 10.1. The molecule has 1 heterocycles. The summed E-state index contributed by atoms with van der Waals surface area (Å²) in [6.45, 7) is 0.274. The molecule has 2 aromatic carbocycles. The third-order valence-corrected chi connectivity index (χ3v) is 4.60. The van der Waals surface area contributed by atoms with E-state index >= 15 is 0 Å². The first-order chi connectivity index (χ1) is 14.5. The summed E-state index contributed by atoms with van der Waals surface area (Å²) in [7, 11) is 1.59. The van der Waals surface area contributed by atoms with Gasteiger partial charge in [-0.3, -0.25) is 30.1 Å². The zero-order valence-electron chi connectivity index (χ0n) is 16.1. The Kier molecular flexibility index (Phi) is 6.91. The molecule has 0 spiro atoms. The van der Waals surface area contributed by atoms with E-state index in [2.05, 4.69) is 21.0 Å². The maximum Gasteiger partial charge on any atom is 0.242 e. The van der Waals surface area contributed by atoms with Gasteiger partial charge in [0.1, 0.15) is 11.6 Å². The molecule has 0 unspecified atom stereocenters. The van der Waals surface area contributed by atoms with Crippen molar-refractivity contribution in [3.05, 3.63) is 64.7 Å². The van der Waals surface area contributed by atoms with E-state index in [1.54, 1.807) is 23.8 Å². The Morgan fingerprint density at radius 1 is 1.10 bits per heavy atom. The molecule has 30 heavy (non-hydrogen) atoms. The smallest absolute Gasteiger partial charge is 0.242 e. The first-order valence-corrected chi connectivity index (χ1v) is 9.49. The summed E-state index contributed by atoms with van der Waals surface area (Å²) in [6, 6.07) is 12.9. The van der Waals surface area contributed by atoms with Gasteiger partial charge in [0, 0.05) is 18.5 Å². The van der Waals surface area contributed by atoms with Gasteiger partial charge in [-0.1, -0.05) is 12.1 Å². The number of H-pyrrole nitrogens is 1. The summed E-state index contributed by atoms with van der Waals surface area (Å²) >= 11 is 5.25. The Labute approximate surface area is 177 Å². The van der Waals surface area contributed by atoms with Crippen molar-refractivity contribution in [2.45, 2.75) is 19.4 Å². The second-order valence-corrected chi connectivity index (χ2v) is 6.77. The summed E-state index contributed by atoms with van der Waals surface area (Å²) < 4.78 is 20.1. The van der Waals surface area contributed by atoms with Crippen LogP contribution in [0.15, 0.2) is 48.5 Å². The van der Waals surface area contributed by atoms with Crippen molar-refractivity contribution >= 4 is 24.0 Å². The highest BCUT2D eigenvalue weighted by atomic mass is 32.1. The predicted octanol–water partition coefficient (Wildman–Crippen LogP) is 2.54. The largest absolute Gasteiger partial charge is 0.497 e. The Bertz CT molecular complexity index is 1080. The molecule has 3 aromatic rings. The monoisotopic (exact) mass is 429 g/mol. The fourth-order valence-electron chi connectivity index (χ4n) is 2.73. The molecule has 3 N–H and O–H groups in total. The number of aromatic nitrogens is 3. The van der Waals surface area contributed by atoms with E-state index in [4.69, 9.17) is 17.0 Å². The number of ether oxygens (including phenoxy) is 1. The number of carbonyl (C=O) groups is 2. The molecule has 0 radical (unpaired) electrons. The van der Waals surface area contributed by atoms with Crippen molar-refractivity contribution in [2.75, 3.05) is 7.11 Å². The number of halogens is 1. The number of aromatic amines is 1. The fourth-order valence-corrected chi connectivity index (χ4v) is 2.96. The minimum atomic E-state index is -0.409. The number of amides is 2. The molecule has 2 amide bonds. The molecular formula is C20H20FN5O3S. The van der Waals surface area contributed by atoms with Gasteiger partial charge in [-0.2, -0.15) is 5.10 Å². The zero-order chi connectivity index (χ0) is 21.5. The maximum atomic E-state index is 12.9. The number of nitrogens with zero attached hydrogens (tertiary/aromatic N) is 2. The summed E-state index contributed by atoms with van der Waals surface area (Å²) in [5.41, 5.74) is 6.16. The molecule has 0 fully saturated rings. The lowest BCUT2D eigenvalue weighted by Crippen LogP contribution is -2.42. The third kappa shape index (κ3) is 5.51. The first kappa shape index (κ1) is 21.2. The molecule has 156 valence electrons. The van der Waals surface area contributed by atoms with Gasteiger partial charge in [-0.05, 0) is 54.2 Å². The van der Waals surface area contributed by atoms with Crippen LogP contribution in [0.5, 0.6) is 5.75 Å². The summed E-state index contributed by atoms with van der Waals surface area (Å²) in [5.74, 6) is 0.144.